The topological polar surface area (TPSA) is 64.3 Å². The second kappa shape index (κ2) is 7.85. The molecule has 1 heterocycles. The van der Waals surface area contributed by atoms with Gasteiger partial charge in [0.05, 0.1) is 29.7 Å². The highest BCUT2D eigenvalue weighted by Crippen LogP contribution is 2.38. The minimum Gasteiger partial charge on any atom is -0.497 e. The number of benzene rings is 2. The molecular formula is C23H21F3N2O3. The highest BCUT2D eigenvalue weighted by molar-refractivity contribution is 5.79. The van der Waals surface area contributed by atoms with E-state index in [9.17, 15) is 23.1 Å². The van der Waals surface area contributed by atoms with Gasteiger partial charge in [0.2, 0.25) is 0 Å². The zero-order valence-electron chi connectivity index (χ0n) is 16.8. The van der Waals surface area contributed by atoms with Crippen LogP contribution in [-0.2, 0) is 16.6 Å². The first-order valence-corrected chi connectivity index (χ1v) is 9.86. The predicted octanol–water partition coefficient (Wildman–Crippen LogP) is 4.90. The number of carbonyl (C=O) groups is 1. The maximum atomic E-state index is 13.0. The van der Waals surface area contributed by atoms with E-state index in [0.29, 0.717) is 28.4 Å². The van der Waals surface area contributed by atoms with Crippen LogP contribution in [0.3, 0.4) is 0 Å². The van der Waals surface area contributed by atoms with E-state index in [1.54, 1.807) is 42.1 Å². The van der Waals surface area contributed by atoms with Crippen molar-refractivity contribution in [3.05, 3.63) is 65.9 Å². The summed E-state index contributed by atoms with van der Waals surface area (Å²) < 4.78 is 45.7. The third-order valence-corrected chi connectivity index (χ3v) is 5.65. The van der Waals surface area contributed by atoms with Crippen molar-refractivity contribution >= 4 is 5.78 Å². The normalized spacial score (nSPS) is 16.4. The Hall–Kier alpha value is -3.13. The molecule has 0 unspecified atom stereocenters. The molecule has 0 spiro atoms. The molecule has 1 aliphatic carbocycles. The summed E-state index contributed by atoms with van der Waals surface area (Å²) in [5.74, 6) is 0.749. The zero-order valence-corrected chi connectivity index (χ0v) is 16.8. The van der Waals surface area contributed by atoms with Crippen LogP contribution in [-0.4, -0.2) is 27.8 Å². The molecule has 1 aromatic heterocycles. The summed E-state index contributed by atoms with van der Waals surface area (Å²) in [7, 11) is 1.55. The van der Waals surface area contributed by atoms with E-state index in [1.807, 2.05) is 0 Å². The van der Waals surface area contributed by atoms with E-state index < -0.39 is 17.3 Å². The molecule has 1 saturated carbocycles. The molecule has 0 atom stereocenters. The van der Waals surface area contributed by atoms with Gasteiger partial charge in [0.15, 0.2) is 0 Å². The van der Waals surface area contributed by atoms with E-state index in [4.69, 9.17) is 4.74 Å². The van der Waals surface area contributed by atoms with Gasteiger partial charge >= 0.3 is 6.18 Å². The quantitative estimate of drug-likeness (QED) is 0.640. The average molecular weight is 430 g/mol. The molecule has 5 nitrogen and oxygen atoms in total. The number of Topliss-reactive ketones (excluding diaryl/α,β-unsaturated/α-hetero) is 1. The third-order valence-electron chi connectivity index (χ3n) is 5.65. The van der Waals surface area contributed by atoms with Crippen molar-refractivity contribution in [1.82, 2.24) is 9.78 Å². The van der Waals surface area contributed by atoms with Gasteiger partial charge in [-0.2, -0.15) is 18.3 Å². The molecule has 0 aliphatic heterocycles. The van der Waals surface area contributed by atoms with Crippen molar-refractivity contribution in [2.24, 2.45) is 0 Å². The molecule has 1 N–H and O–H groups in total. The first kappa shape index (κ1) is 21.1. The SMILES string of the molecule is COc1ccc(-n2nc(C3(O)CCC(=O)CC3)cc2-c2ccc(C(F)(F)F)cc2)cc1. The number of aromatic nitrogens is 2. The Morgan fingerprint density at radius 1 is 1.03 bits per heavy atom. The second-order valence-corrected chi connectivity index (χ2v) is 7.67. The van der Waals surface area contributed by atoms with Gasteiger partial charge in [-0.1, -0.05) is 12.1 Å². The molecule has 0 saturated heterocycles. The molecular weight excluding hydrogens is 409 g/mol. The number of hydrogen-bond acceptors (Lipinski definition) is 4. The molecule has 0 radical (unpaired) electrons. The lowest BCUT2D eigenvalue weighted by atomic mass is 9.82. The fourth-order valence-corrected chi connectivity index (χ4v) is 3.76. The smallest absolute Gasteiger partial charge is 0.416 e. The fourth-order valence-electron chi connectivity index (χ4n) is 3.76. The predicted molar refractivity (Wildman–Crippen MR) is 108 cm³/mol. The Morgan fingerprint density at radius 2 is 1.65 bits per heavy atom. The van der Waals surface area contributed by atoms with Crippen LogP contribution in [0, 0.1) is 0 Å². The molecule has 8 heteroatoms. The molecule has 31 heavy (non-hydrogen) atoms. The third kappa shape index (κ3) is 4.20. The highest BCUT2D eigenvalue weighted by Gasteiger charge is 2.37. The minimum atomic E-state index is -4.43. The van der Waals surface area contributed by atoms with Crippen LogP contribution in [0.2, 0.25) is 0 Å². The number of methoxy groups -OCH3 is 1. The van der Waals surface area contributed by atoms with E-state index in [-0.39, 0.29) is 31.5 Å². The molecule has 0 amide bonds. The van der Waals surface area contributed by atoms with Gasteiger partial charge in [0.1, 0.15) is 17.1 Å². The number of nitrogens with zero attached hydrogens (tertiary/aromatic N) is 2. The summed E-state index contributed by atoms with van der Waals surface area (Å²) >= 11 is 0. The van der Waals surface area contributed by atoms with E-state index >= 15 is 0 Å². The number of aliphatic hydroxyl groups is 1. The molecule has 1 aliphatic rings. The van der Waals surface area contributed by atoms with Crippen LogP contribution < -0.4 is 4.74 Å². The average Bonchev–Trinajstić information content (AvgIpc) is 3.22. The van der Waals surface area contributed by atoms with Crippen LogP contribution in [0.15, 0.2) is 54.6 Å². The second-order valence-electron chi connectivity index (χ2n) is 7.67. The molecule has 0 bridgehead atoms. The lowest BCUT2D eigenvalue weighted by molar-refractivity contribution is -0.137. The number of rotatable bonds is 4. The van der Waals surface area contributed by atoms with E-state index in [0.717, 1.165) is 12.1 Å². The van der Waals surface area contributed by atoms with Crippen molar-refractivity contribution in [1.29, 1.82) is 0 Å². The summed E-state index contributed by atoms with van der Waals surface area (Å²) in [6, 6.07) is 13.6. The van der Waals surface area contributed by atoms with E-state index in [1.165, 1.54) is 12.1 Å². The number of hydrogen-bond donors (Lipinski definition) is 1. The number of alkyl halides is 3. The number of ether oxygens (including phenoxy) is 1. The van der Waals surface area contributed by atoms with Crippen LogP contribution >= 0.6 is 0 Å². The molecule has 4 rings (SSSR count). The van der Waals surface area contributed by atoms with Crippen molar-refractivity contribution in [3.63, 3.8) is 0 Å². The van der Waals surface area contributed by atoms with Crippen molar-refractivity contribution in [2.45, 2.75) is 37.5 Å². The number of ketones is 1. The zero-order chi connectivity index (χ0) is 22.2. The van der Waals surface area contributed by atoms with E-state index in [2.05, 4.69) is 5.10 Å². The van der Waals surface area contributed by atoms with Crippen LogP contribution in [0.25, 0.3) is 16.9 Å². The Kier molecular flexibility index (Phi) is 5.35. The summed E-state index contributed by atoms with van der Waals surface area (Å²) in [6.07, 6.45) is -3.37. The lowest BCUT2D eigenvalue weighted by Gasteiger charge is -2.29. The van der Waals surface area contributed by atoms with Gasteiger partial charge < -0.3 is 9.84 Å². The highest BCUT2D eigenvalue weighted by atomic mass is 19.4. The molecule has 1 fully saturated rings. The van der Waals surface area contributed by atoms with Gasteiger partial charge in [-0.15, -0.1) is 0 Å². The van der Waals surface area contributed by atoms with Crippen LogP contribution in [0.1, 0.15) is 36.9 Å². The fraction of sp³-hybridized carbons (Fsp3) is 0.304. The van der Waals surface area contributed by atoms with Crippen LogP contribution in [0.4, 0.5) is 13.2 Å². The lowest BCUT2D eigenvalue weighted by Crippen LogP contribution is -2.32. The summed E-state index contributed by atoms with van der Waals surface area (Å²) in [4.78, 5) is 11.6. The van der Waals surface area contributed by atoms with Crippen molar-refractivity contribution in [2.75, 3.05) is 7.11 Å². The first-order chi connectivity index (χ1) is 14.7. The maximum absolute atomic E-state index is 13.0. The van der Waals surface area contributed by atoms with Gasteiger partial charge in [0, 0.05) is 18.4 Å². The molecule has 3 aromatic rings. The monoisotopic (exact) mass is 430 g/mol. The Labute approximate surface area is 177 Å². The summed E-state index contributed by atoms with van der Waals surface area (Å²) in [6.45, 7) is 0. The van der Waals surface area contributed by atoms with Gasteiger partial charge in [0.25, 0.3) is 0 Å². The molecule has 2 aromatic carbocycles. The Bertz CT molecular complexity index is 1080. The van der Waals surface area contributed by atoms with Gasteiger partial charge in [-0.25, -0.2) is 4.68 Å². The van der Waals surface area contributed by atoms with Crippen LogP contribution in [0.5, 0.6) is 5.75 Å². The summed E-state index contributed by atoms with van der Waals surface area (Å²) in [5, 5.41) is 15.7. The maximum Gasteiger partial charge on any atom is 0.416 e. The molecule has 162 valence electrons. The number of halogens is 3. The van der Waals surface area contributed by atoms with Gasteiger partial charge in [-0.05, 0) is 55.3 Å². The number of carbonyl (C=O) groups excluding carboxylic acids is 1. The Morgan fingerprint density at radius 3 is 2.19 bits per heavy atom. The first-order valence-electron chi connectivity index (χ1n) is 9.86. The van der Waals surface area contributed by atoms with Crippen molar-refractivity contribution < 1.29 is 27.8 Å². The standard InChI is InChI=1S/C23H21F3N2O3/c1-31-19-8-6-17(7-9-19)28-20(15-2-4-16(5-3-15)23(24,25)26)14-21(27-28)22(30)12-10-18(29)11-13-22/h2-9,14,30H,10-13H2,1H3. The largest absolute Gasteiger partial charge is 0.497 e. The van der Waals surface area contributed by atoms with Gasteiger partial charge in [-0.3, -0.25) is 4.79 Å². The minimum absolute atomic E-state index is 0.0993. The van der Waals surface area contributed by atoms with Crippen molar-refractivity contribution in [3.8, 4) is 22.7 Å². The summed E-state index contributed by atoms with van der Waals surface area (Å²) in [5.41, 5.74) is 0.128. The Balaban J connectivity index is 1.80.